The molecule has 3 aliphatic carbocycles. The SMILES string of the molecule is CC1c2c(-c3ccc4c(c3)OCO4)ccc(O)c2C(=O)C2C(=O)C3(O)C(=O)C(C(N)=O)C(=O)C(N(C)C)C3C(O)C21. The summed E-state index contributed by atoms with van der Waals surface area (Å²) < 4.78 is 10.9. The first kappa shape index (κ1) is 27.1. The van der Waals surface area contributed by atoms with Gasteiger partial charge < -0.3 is 30.5 Å². The predicted molar refractivity (Wildman–Crippen MR) is 139 cm³/mol. The predicted octanol–water partition coefficient (Wildman–Crippen LogP) is -0.205. The molecular weight excluding hydrogens is 536 g/mol. The summed E-state index contributed by atoms with van der Waals surface area (Å²) in [6.07, 6.45) is -1.71. The van der Waals surface area contributed by atoms with Gasteiger partial charge in [-0.3, -0.25) is 28.9 Å². The van der Waals surface area contributed by atoms with E-state index in [4.69, 9.17) is 15.2 Å². The highest BCUT2D eigenvalue weighted by molar-refractivity contribution is 6.32. The highest BCUT2D eigenvalue weighted by Gasteiger charge is 2.73. The van der Waals surface area contributed by atoms with E-state index >= 15 is 0 Å². The van der Waals surface area contributed by atoms with Gasteiger partial charge in [0.05, 0.1) is 29.5 Å². The van der Waals surface area contributed by atoms with Crippen molar-refractivity contribution in [2.45, 2.75) is 30.6 Å². The number of ether oxygens (including phenoxy) is 2. The molecule has 2 saturated carbocycles. The third-order valence-electron chi connectivity index (χ3n) is 9.15. The van der Waals surface area contributed by atoms with Gasteiger partial charge in [-0.1, -0.05) is 19.1 Å². The summed E-state index contributed by atoms with van der Waals surface area (Å²) in [5.74, 6) is -12.8. The summed E-state index contributed by atoms with van der Waals surface area (Å²) in [7, 11) is 2.89. The number of hydrogen-bond donors (Lipinski definition) is 4. The highest BCUT2D eigenvalue weighted by atomic mass is 16.7. The Morgan fingerprint density at radius 1 is 1.05 bits per heavy atom. The lowest BCUT2D eigenvalue weighted by atomic mass is 9.49. The van der Waals surface area contributed by atoms with Crippen molar-refractivity contribution in [1.82, 2.24) is 4.90 Å². The third-order valence-corrected chi connectivity index (χ3v) is 9.15. The number of nitrogens with two attached hydrogens (primary N) is 1. The fraction of sp³-hybridized carbons (Fsp3) is 0.414. The van der Waals surface area contributed by atoms with Crippen LogP contribution in [0.5, 0.6) is 17.2 Å². The van der Waals surface area contributed by atoms with Gasteiger partial charge in [-0.15, -0.1) is 0 Å². The zero-order valence-electron chi connectivity index (χ0n) is 22.4. The molecular formula is C29H28N2O10. The summed E-state index contributed by atoms with van der Waals surface area (Å²) >= 11 is 0. The van der Waals surface area contributed by atoms with Gasteiger partial charge >= 0.3 is 0 Å². The maximum absolute atomic E-state index is 14.1. The zero-order chi connectivity index (χ0) is 29.7. The van der Waals surface area contributed by atoms with Gasteiger partial charge in [0, 0.05) is 5.92 Å². The number of phenols is 1. The molecule has 0 saturated heterocycles. The zero-order valence-corrected chi connectivity index (χ0v) is 22.4. The van der Waals surface area contributed by atoms with Crippen molar-refractivity contribution in [3.63, 3.8) is 0 Å². The molecule has 12 heteroatoms. The maximum atomic E-state index is 14.1. The van der Waals surface area contributed by atoms with E-state index in [9.17, 15) is 39.3 Å². The lowest BCUT2D eigenvalue weighted by Crippen LogP contribution is -2.77. The molecule has 41 heavy (non-hydrogen) atoms. The Labute approximate surface area is 233 Å². The molecule has 1 heterocycles. The Hall–Kier alpha value is -4.13. The van der Waals surface area contributed by atoms with E-state index < -0.39 is 82.1 Å². The van der Waals surface area contributed by atoms with Gasteiger partial charge in [-0.05, 0) is 54.9 Å². The maximum Gasteiger partial charge on any atom is 0.235 e. The van der Waals surface area contributed by atoms with Crippen molar-refractivity contribution >= 4 is 29.0 Å². The summed E-state index contributed by atoms with van der Waals surface area (Å²) in [6, 6.07) is 6.64. The summed E-state index contributed by atoms with van der Waals surface area (Å²) in [6.45, 7) is 1.72. The number of likely N-dealkylation sites (N-methyl/N-ethyl adjacent to an activating group) is 1. The molecule has 2 aromatic carbocycles. The van der Waals surface area contributed by atoms with E-state index in [1.54, 1.807) is 31.2 Å². The fourth-order valence-electron chi connectivity index (χ4n) is 7.38. The van der Waals surface area contributed by atoms with Crippen LogP contribution in [0.1, 0.15) is 28.8 Å². The number of aliphatic hydroxyl groups is 2. The van der Waals surface area contributed by atoms with Crippen molar-refractivity contribution in [1.29, 1.82) is 0 Å². The number of hydrogen-bond acceptors (Lipinski definition) is 11. The van der Waals surface area contributed by atoms with Gasteiger partial charge in [0.2, 0.25) is 12.7 Å². The van der Waals surface area contributed by atoms with Crippen molar-refractivity contribution in [3.8, 4) is 28.4 Å². The molecule has 5 N–H and O–H groups in total. The monoisotopic (exact) mass is 564 g/mol. The highest BCUT2D eigenvalue weighted by Crippen LogP contribution is 2.56. The largest absolute Gasteiger partial charge is 0.507 e. The molecule has 2 aromatic rings. The Kier molecular flexibility index (Phi) is 5.90. The number of Topliss-reactive ketones (excluding diaryl/α,β-unsaturated/α-hetero) is 4. The van der Waals surface area contributed by atoms with Crippen molar-refractivity contribution in [2.75, 3.05) is 20.9 Å². The van der Waals surface area contributed by atoms with E-state index in [0.717, 1.165) is 0 Å². The first-order valence-corrected chi connectivity index (χ1v) is 13.1. The van der Waals surface area contributed by atoms with Crippen molar-refractivity contribution in [3.05, 3.63) is 41.5 Å². The Morgan fingerprint density at radius 2 is 1.73 bits per heavy atom. The number of carbonyl (C=O) groups is 5. The molecule has 8 atom stereocenters. The molecule has 214 valence electrons. The van der Waals surface area contributed by atoms with Gasteiger partial charge in [0.15, 0.2) is 46.2 Å². The summed E-state index contributed by atoms with van der Waals surface area (Å²) in [4.78, 5) is 68.4. The van der Waals surface area contributed by atoms with Crippen LogP contribution >= 0.6 is 0 Å². The third kappa shape index (κ3) is 3.41. The minimum atomic E-state index is -3.04. The number of ketones is 4. The number of nitrogens with zero attached hydrogens (tertiary/aromatic N) is 1. The van der Waals surface area contributed by atoms with Crippen LogP contribution in [-0.4, -0.2) is 87.9 Å². The number of fused-ring (bicyclic) bond motifs is 4. The van der Waals surface area contributed by atoms with E-state index in [2.05, 4.69) is 0 Å². The van der Waals surface area contributed by atoms with Gasteiger partial charge in [-0.25, -0.2) is 0 Å². The quantitative estimate of drug-likeness (QED) is 0.361. The topological polar surface area (TPSA) is 194 Å². The Balaban J connectivity index is 1.55. The molecule has 4 aliphatic rings. The number of phenolic OH excluding ortho intramolecular Hbond substituents is 1. The van der Waals surface area contributed by atoms with Crippen LogP contribution in [0.3, 0.4) is 0 Å². The lowest BCUT2D eigenvalue weighted by molar-refractivity contribution is -0.196. The number of amides is 1. The van der Waals surface area contributed by atoms with E-state index in [1.165, 1.54) is 25.1 Å². The first-order valence-electron chi connectivity index (χ1n) is 13.1. The molecule has 12 nitrogen and oxygen atoms in total. The minimum absolute atomic E-state index is 0.0464. The van der Waals surface area contributed by atoms with E-state index in [0.29, 0.717) is 28.2 Å². The normalized spacial score (nSPS) is 33.9. The fourth-order valence-corrected chi connectivity index (χ4v) is 7.38. The molecule has 0 aromatic heterocycles. The molecule has 6 rings (SSSR count). The standard InChI is InChI=1S/C29H28N2O10/c1-10-16-12(11-4-7-14-15(8-11)41-9-40-14)5-6-13(32)18(16)23(33)19-17(10)24(34)21-22(31(2)3)25(35)20(28(30)38)27(37)29(21,39)26(19)36/h4-8,10,17,19-22,24,32,34,39H,9H2,1-3H3,(H2,30,38). The van der Waals surface area contributed by atoms with Crippen LogP contribution in [0.4, 0.5) is 0 Å². The van der Waals surface area contributed by atoms with Crippen LogP contribution in [0.25, 0.3) is 11.1 Å². The van der Waals surface area contributed by atoms with Crippen LogP contribution < -0.4 is 15.2 Å². The molecule has 1 aliphatic heterocycles. The first-order chi connectivity index (χ1) is 19.3. The van der Waals surface area contributed by atoms with Crippen molar-refractivity contribution < 1.29 is 48.8 Å². The number of aliphatic hydroxyl groups excluding tert-OH is 1. The summed E-state index contributed by atoms with van der Waals surface area (Å²) in [5, 5.41) is 34.4. The number of benzene rings is 2. The summed E-state index contributed by atoms with van der Waals surface area (Å²) in [5.41, 5.74) is 3.64. The molecule has 0 bridgehead atoms. The lowest BCUT2D eigenvalue weighted by Gasteiger charge is -2.56. The van der Waals surface area contributed by atoms with E-state index in [-0.39, 0.29) is 12.4 Å². The molecule has 0 spiro atoms. The number of carbonyl (C=O) groups excluding carboxylic acids is 5. The Morgan fingerprint density at radius 3 is 2.39 bits per heavy atom. The van der Waals surface area contributed by atoms with E-state index in [1.807, 2.05) is 0 Å². The Bertz CT molecular complexity index is 1570. The second-order valence-corrected chi connectivity index (χ2v) is 11.4. The van der Waals surface area contributed by atoms with Crippen molar-refractivity contribution in [2.24, 2.45) is 29.4 Å². The average Bonchev–Trinajstić information content (AvgIpc) is 3.38. The molecule has 1 amide bonds. The molecule has 2 fully saturated rings. The smallest absolute Gasteiger partial charge is 0.235 e. The molecule has 8 unspecified atom stereocenters. The number of primary amides is 1. The van der Waals surface area contributed by atoms with Gasteiger partial charge in [0.1, 0.15) is 5.75 Å². The van der Waals surface area contributed by atoms with Gasteiger partial charge in [0.25, 0.3) is 0 Å². The average molecular weight is 565 g/mol. The van der Waals surface area contributed by atoms with Gasteiger partial charge in [-0.2, -0.15) is 0 Å². The van der Waals surface area contributed by atoms with Crippen LogP contribution in [0, 0.1) is 23.7 Å². The minimum Gasteiger partial charge on any atom is -0.507 e. The van der Waals surface area contributed by atoms with Crippen LogP contribution in [-0.2, 0) is 19.2 Å². The number of rotatable bonds is 3. The van der Waals surface area contributed by atoms with Crippen LogP contribution in [0.2, 0.25) is 0 Å². The molecule has 0 radical (unpaired) electrons. The second kappa shape index (κ2) is 8.93. The van der Waals surface area contributed by atoms with Crippen LogP contribution in [0.15, 0.2) is 30.3 Å². The number of aromatic hydroxyl groups is 1. The second-order valence-electron chi connectivity index (χ2n) is 11.4.